The predicted octanol–water partition coefficient (Wildman–Crippen LogP) is 4.55. The molecule has 3 nitrogen and oxygen atoms in total. The Morgan fingerprint density at radius 1 is 1.04 bits per heavy atom. The first-order valence-corrected chi connectivity index (χ1v) is 7.13. The van der Waals surface area contributed by atoms with Crippen LogP contribution in [-0.2, 0) is 17.4 Å². The van der Waals surface area contributed by atoms with Crippen molar-refractivity contribution in [2.45, 2.75) is 12.6 Å². The summed E-state index contributed by atoms with van der Waals surface area (Å²) in [5.74, 6) is -0.982. The molecule has 0 radical (unpaired) electrons. The van der Waals surface area contributed by atoms with Crippen LogP contribution in [0.1, 0.15) is 11.1 Å². The molecule has 0 unspecified atom stereocenters. The summed E-state index contributed by atoms with van der Waals surface area (Å²) >= 11 is 0. The lowest BCUT2D eigenvalue weighted by atomic mass is 10.0. The van der Waals surface area contributed by atoms with Crippen LogP contribution in [0.4, 0.5) is 13.2 Å². The summed E-state index contributed by atoms with van der Waals surface area (Å²) in [5.41, 5.74) is 1.38. The van der Waals surface area contributed by atoms with Crippen molar-refractivity contribution in [3.05, 3.63) is 65.7 Å². The second kappa shape index (κ2) is 5.96. The number of hydrogen-bond acceptors (Lipinski definition) is 2. The first kappa shape index (κ1) is 16.0. The van der Waals surface area contributed by atoms with Gasteiger partial charge in [-0.1, -0.05) is 30.3 Å². The summed E-state index contributed by atoms with van der Waals surface area (Å²) in [6.45, 7) is 0. The summed E-state index contributed by atoms with van der Waals surface area (Å²) in [4.78, 5) is 15.5. The van der Waals surface area contributed by atoms with Crippen LogP contribution in [-0.4, -0.2) is 16.1 Å². The van der Waals surface area contributed by atoms with Gasteiger partial charge in [-0.15, -0.1) is 0 Å². The second-order valence-electron chi connectivity index (χ2n) is 5.33. The van der Waals surface area contributed by atoms with Gasteiger partial charge in [-0.05, 0) is 29.8 Å². The lowest BCUT2D eigenvalue weighted by molar-refractivity contribution is -0.138. The van der Waals surface area contributed by atoms with Crippen LogP contribution in [0.5, 0.6) is 0 Å². The number of nitrogens with zero attached hydrogens (tertiary/aromatic N) is 1. The Kier molecular flexibility index (Phi) is 3.97. The van der Waals surface area contributed by atoms with E-state index in [4.69, 9.17) is 5.11 Å². The zero-order valence-electron chi connectivity index (χ0n) is 12.3. The van der Waals surface area contributed by atoms with Crippen molar-refractivity contribution in [1.82, 2.24) is 4.98 Å². The van der Waals surface area contributed by atoms with Crippen LogP contribution in [0.15, 0.2) is 54.6 Å². The number of pyridine rings is 1. The number of fused-ring (bicyclic) bond motifs is 1. The molecule has 6 heteroatoms. The van der Waals surface area contributed by atoms with Gasteiger partial charge >= 0.3 is 12.1 Å². The van der Waals surface area contributed by atoms with Gasteiger partial charge in [0.05, 0.1) is 23.2 Å². The molecule has 3 rings (SSSR count). The van der Waals surface area contributed by atoms with E-state index in [9.17, 15) is 18.0 Å². The number of hydrogen-bond donors (Lipinski definition) is 1. The average molecular weight is 331 g/mol. The molecule has 0 saturated heterocycles. The molecule has 0 aliphatic carbocycles. The molecular weight excluding hydrogens is 319 g/mol. The summed E-state index contributed by atoms with van der Waals surface area (Å²) in [5, 5.41) is 9.79. The van der Waals surface area contributed by atoms with Crippen molar-refractivity contribution >= 4 is 16.9 Å². The second-order valence-corrected chi connectivity index (χ2v) is 5.33. The number of carbonyl (C=O) groups is 1. The van der Waals surface area contributed by atoms with Gasteiger partial charge in [0.2, 0.25) is 0 Å². The molecule has 0 saturated carbocycles. The fourth-order valence-corrected chi connectivity index (χ4v) is 2.53. The topological polar surface area (TPSA) is 50.2 Å². The zero-order chi connectivity index (χ0) is 17.3. The summed E-state index contributed by atoms with van der Waals surface area (Å²) in [6, 6.07) is 13.3. The molecule has 122 valence electrons. The summed E-state index contributed by atoms with van der Waals surface area (Å²) in [7, 11) is 0. The fraction of sp³-hybridized carbons (Fsp3) is 0.111. The van der Waals surface area contributed by atoms with E-state index >= 15 is 0 Å². The van der Waals surface area contributed by atoms with E-state index in [2.05, 4.69) is 4.98 Å². The Hall–Kier alpha value is -2.89. The third kappa shape index (κ3) is 3.22. The van der Waals surface area contributed by atoms with Crippen LogP contribution in [0, 0.1) is 0 Å². The molecule has 1 aromatic heterocycles. The van der Waals surface area contributed by atoms with E-state index in [0.717, 1.165) is 17.5 Å². The van der Waals surface area contributed by atoms with Gasteiger partial charge in [0, 0.05) is 10.9 Å². The van der Waals surface area contributed by atoms with Gasteiger partial charge in [-0.3, -0.25) is 4.79 Å². The van der Waals surface area contributed by atoms with E-state index in [1.165, 1.54) is 12.1 Å². The number of aliphatic carboxylic acids is 1. The molecule has 0 spiro atoms. The maximum Gasteiger partial charge on any atom is 0.416 e. The highest BCUT2D eigenvalue weighted by molar-refractivity contribution is 5.88. The first-order chi connectivity index (χ1) is 11.3. The molecule has 1 N–H and O–H groups in total. The van der Waals surface area contributed by atoms with Crippen LogP contribution in [0.25, 0.3) is 22.2 Å². The Morgan fingerprint density at radius 3 is 2.33 bits per heavy atom. The minimum absolute atomic E-state index is 0.184. The number of alkyl halides is 3. The lowest BCUT2D eigenvalue weighted by Gasteiger charge is -2.10. The molecule has 0 fully saturated rings. The largest absolute Gasteiger partial charge is 0.481 e. The number of rotatable bonds is 3. The van der Waals surface area contributed by atoms with E-state index in [-0.39, 0.29) is 6.42 Å². The van der Waals surface area contributed by atoms with Gasteiger partial charge in [0.25, 0.3) is 0 Å². The van der Waals surface area contributed by atoms with Gasteiger partial charge in [0.1, 0.15) is 0 Å². The molecule has 0 amide bonds. The van der Waals surface area contributed by atoms with E-state index in [1.54, 1.807) is 30.3 Å². The van der Waals surface area contributed by atoms with Crippen molar-refractivity contribution < 1.29 is 23.1 Å². The van der Waals surface area contributed by atoms with Crippen molar-refractivity contribution in [1.29, 1.82) is 0 Å². The summed E-state index contributed by atoms with van der Waals surface area (Å²) < 4.78 is 38.0. The maximum atomic E-state index is 12.7. The van der Waals surface area contributed by atoms with Crippen LogP contribution in [0.2, 0.25) is 0 Å². The standard InChI is InChI=1S/C18H12F3NO2/c19-18(20,21)13-7-5-11(6-8-13)16-9-12(10-17(23)24)14-3-1-2-4-15(14)22-16/h1-9H,10H2,(H,23,24). The SMILES string of the molecule is O=C(O)Cc1cc(-c2ccc(C(F)(F)F)cc2)nc2ccccc12. The molecule has 0 aliphatic rings. The Balaban J connectivity index is 2.11. The Bertz CT molecular complexity index is 902. The predicted molar refractivity (Wildman–Crippen MR) is 83.5 cm³/mol. The number of benzene rings is 2. The number of carboxylic acid groups (broad SMARTS) is 1. The minimum Gasteiger partial charge on any atom is -0.481 e. The lowest BCUT2D eigenvalue weighted by Crippen LogP contribution is -2.04. The smallest absolute Gasteiger partial charge is 0.416 e. The Morgan fingerprint density at radius 2 is 1.71 bits per heavy atom. The van der Waals surface area contributed by atoms with E-state index in [1.807, 2.05) is 0 Å². The molecular formula is C18H12F3NO2. The third-order valence-electron chi connectivity index (χ3n) is 3.65. The highest BCUT2D eigenvalue weighted by Gasteiger charge is 2.30. The molecule has 0 atom stereocenters. The molecule has 3 aromatic rings. The highest BCUT2D eigenvalue weighted by atomic mass is 19.4. The van der Waals surface area contributed by atoms with Gasteiger partial charge in [0.15, 0.2) is 0 Å². The highest BCUT2D eigenvalue weighted by Crippen LogP contribution is 2.31. The number of halogens is 3. The van der Waals surface area contributed by atoms with Crippen LogP contribution < -0.4 is 0 Å². The van der Waals surface area contributed by atoms with Crippen molar-refractivity contribution in [2.24, 2.45) is 0 Å². The normalized spacial score (nSPS) is 11.6. The molecule has 2 aromatic carbocycles. The first-order valence-electron chi connectivity index (χ1n) is 7.13. The summed E-state index contributed by atoms with van der Waals surface area (Å²) in [6.07, 6.45) is -4.58. The Labute approximate surface area is 135 Å². The van der Waals surface area contributed by atoms with Gasteiger partial charge < -0.3 is 5.11 Å². The maximum absolute atomic E-state index is 12.7. The fourth-order valence-electron chi connectivity index (χ4n) is 2.53. The van der Waals surface area contributed by atoms with Crippen LogP contribution in [0.3, 0.4) is 0 Å². The van der Waals surface area contributed by atoms with Crippen LogP contribution >= 0.6 is 0 Å². The zero-order valence-corrected chi connectivity index (χ0v) is 12.3. The van der Waals surface area contributed by atoms with E-state index < -0.39 is 17.7 Å². The average Bonchev–Trinajstić information content (AvgIpc) is 2.53. The van der Waals surface area contributed by atoms with Crippen molar-refractivity contribution in [3.63, 3.8) is 0 Å². The van der Waals surface area contributed by atoms with E-state index in [0.29, 0.717) is 22.3 Å². The van der Waals surface area contributed by atoms with Crippen molar-refractivity contribution in [2.75, 3.05) is 0 Å². The van der Waals surface area contributed by atoms with Gasteiger partial charge in [-0.2, -0.15) is 13.2 Å². The number of aromatic nitrogens is 1. The molecule has 0 aliphatic heterocycles. The number of para-hydroxylation sites is 1. The minimum atomic E-state index is -4.40. The molecule has 0 bridgehead atoms. The molecule has 24 heavy (non-hydrogen) atoms. The van der Waals surface area contributed by atoms with Crippen molar-refractivity contribution in [3.8, 4) is 11.3 Å². The number of carboxylic acids is 1. The van der Waals surface area contributed by atoms with Gasteiger partial charge in [-0.25, -0.2) is 4.98 Å². The third-order valence-corrected chi connectivity index (χ3v) is 3.65. The quantitative estimate of drug-likeness (QED) is 0.766. The molecule has 1 heterocycles. The monoisotopic (exact) mass is 331 g/mol.